The number of amides is 1. The van der Waals surface area contributed by atoms with Crippen LogP contribution in [0.5, 0.6) is 11.5 Å². The van der Waals surface area contributed by atoms with Crippen molar-refractivity contribution in [3.05, 3.63) is 59.7 Å². The van der Waals surface area contributed by atoms with Gasteiger partial charge in [-0.05, 0) is 37.1 Å². The number of rotatable bonds is 7. The lowest BCUT2D eigenvalue weighted by molar-refractivity contribution is -0.123. The molecule has 0 spiro atoms. The third-order valence-electron chi connectivity index (χ3n) is 4.07. The average molecular weight is 343 g/mol. The van der Waals surface area contributed by atoms with Gasteiger partial charge in [0.1, 0.15) is 6.10 Å². The first kappa shape index (κ1) is 18.8. The van der Waals surface area contributed by atoms with Gasteiger partial charge in [-0.1, -0.05) is 36.4 Å². The van der Waals surface area contributed by atoms with Crippen molar-refractivity contribution in [1.29, 1.82) is 0 Å². The predicted octanol–water partition coefficient (Wildman–Crippen LogP) is 2.87. The van der Waals surface area contributed by atoms with Gasteiger partial charge in [0.05, 0.1) is 26.2 Å². The second-order valence-electron chi connectivity index (χ2n) is 6.45. The minimum Gasteiger partial charge on any atom is -0.493 e. The summed E-state index contributed by atoms with van der Waals surface area (Å²) in [7, 11) is 3.12. The largest absolute Gasteiger partial charge is 0.493 e. The molecule has 0 saturated heterocycles. The van der Waals surface area contributed by atoms with Gasteiger partial charge in [-0.3, -0.25) is 4.79 Å². The van der Waals surface area contributed by atoms with E-state index in [4.69, 9.17) is 9.47 Å². The van der Waals surface area contributed by atoms with Crippen molar-refractivity contribution in [2.45, 2.75) is 31.9 Å². The molecule has 0 radical (unpaired) electrons. The highest BCUT2D eigenvalue weighted by atomic mass is 16.5. The molecule has 0 bridgehead atoms. The molecule has 5 nitrogen and oxygen atoms in total. The van der Waals surface area contributed by atoms with Gasteiger partial charge in [0, 0.05) is 0 Å². The Bertz CT molecular complexity index is 713. The number of aliphatic hydroxyl groups is 1. The first-order valence-electron chi connectivity index (χ1n) is 8.12. The molecule has 0 heterocycles. The van der Waals surface area contributed by atoms with E-state index < -0.39 is 11.6 Å². The molecule has 1 amide bonds. The number of hydrogen-bond acceptors (Lipinski definition) is 4. The van der Waals surface area contributed by atoms with Crippen LogP contribution in [0.25, 0.3) is 0 Å². The van der Waals surface area contributed by atoms with Crippen LogP contribution in [0, 0.1) is 0 Å². The van der Waals surface area contributed by atoms with Crippen LogP contribution in [0.1, 0.15) is 31.1 Å². The molecule has 0 aromatic heterocycles. The third-order valence-corrected chi connectivity index (χ3v) is 4.07. The standard InChI is InChI=1S/C20H25NO4/c1-20(2,19(23)15-8-6-5-7-9-15)21-18(22)13-14-10-11-16(24-3)17(12-14)25-4/h5-12,19,23H,13H2,1-4H3,(H,21,22). The summed E-state index contributed by atoms with van der Waals surface area (Å²) < 4.78 is 10.5. The lowest BCUT2D eigenvalue weighted by atomic mass is 9.91. The molecule has 1 unspecified atom stereocenters. The van der Waals surface area contributed by atoms with Gasteiger partial charge in [0.15, 0.2) is 11.5 Å². The summed E-state index contributed by atoms with van der Waals surface area (Å²) in [5.74, 6) is 1.02. The highest BCUT2D eigenvalue weighted by Crippen LogP contribution is 2.28. The molecule has 2 aromatic carbocycles. The van der Waals surface area contributed by atoms with Crippen LogP contribution >= 0.6 is 0 Å². The Labute approximate surface area is 148 Å². The molecule has 0 aliphatic rings. The SMILES string of the molecule is COc1ccc(CC(=O)NC(C)(C)C(O)c2ccccc2)cc1OC. The summed E-state index contributed by atoms with van der Waals surface area (Å²) in [4.78, 5) is 12.4. The number of methoxy groups -OCH3 is 2. The van der Waals surface area contributed by atoms with E-state index >= 15 is 0 Å². The molecule has 2 rings (SSSR count). The molecule has 0 saturated carbocycles. The number of benzene rings is 2. The van der Waals surface area contributed by atoms with Crippen LogP contribution in [0.15, 0.2) is 48.5 Å². The predicted molar refractivity (Wildman–Crippen MR) is 96.9 cm³/mol. The van der Waals surface area contributed by atoms with E-state index in [2.05, 4.69) is 5.32 Å². The lowest BCUT2D eigenvalue weighted by Gasteiger charge is -2.32. The molecule has 25 heavy (non-hydrogen) atoms. The molecular weight excluding hydrogens is 318 g/mol. The summed E-state index contributed by atoms with van der Waals surface area (Å²) >= 11 is 0. The van der Waals surface area contributed by atoms with E-state index in [1.54, 1.807) is 40.2 Å². The maximum atomic E-state index is 12.4. The minimum atomic E-state index is -0.803. The molecular formula is C20H25NO4. The van der Waals surface area contributed by atoms with Crippen LogP contribution in [0.2, 0.25) is 0 Å². The van der Waals surface area contributed by atoms with Crippen LogP contribution in [-0.4, -0.2) is 30.8 Å². The number of aliphatic hydroxyl groups excluding tert-OH is 1. The molecule has 0 aliphatic heterocycles. The third kappa shape index (κ3) is 4.73. The quantitative estimate of drug-likeness (QED) is 0.811. The fraction of sp³-hybridized carbons (Fsp3) is 0.350. The van der Waals surface area contributed by atoms with E-state index in [-0.39, 0.29) is 12.3 Å². The smallest absolute Gasteiger partial charge is 0.224 e. The Morgan fingerprint density at radius 3 is 2.32 bits per heavy atom. The minimum absolute atomic E-state index is 0.174. The van der Waals surface area contributed by atoms with Gasteiger partial charge < -0.3 is 19.9 Å². The van der Waals surface area contributed by atoms with E-state index in [1.165, 1.54) is 0 Å². The van der Waals surface area contributed by atoms with Crippen LogP contribution in [-0.2, 0) is 11.2 Å². The van der Waals surface area contributed by atoms with Gasteiger partial charge in [-0.15, -0.1) is 0 Å². The Kier molecular flexibility index (Phi) is 6.04. The van der Waals surface area contributed by atoms with Crippen molar-refractivity contribution >= 4 is 5.91 Å². The zero-order valence-corrected chi connectivity index (χ0v) is 15.1. The first-order valence-corrected chi connectivity index (χ1v) is 8.12. The zero-order chi connectivity index (χ0) is 18.4. The number of nitrogens with one attached hydrogen (secondary N) is 1. The second kappa shape index (κ2) is 8.03. The highest BCUT2D eigenvalue weighted by Gasteiger charge is 2.30. The molecule has 134 valence electrons. The number of ether oxygens (including phenoxy) is 2. The van der Waals surface area contributed by atoms with Crippen molar-refractivity contribution in [1.82, 2.24) is 5.32 Å². The fourth-order valence-electron chi connectivity index (χ4n) is 2.70. The summed E-state index contributed by atoms with van der Waals surface area (Å²) in [5, 5.41) is 13.5. The van der Waals surface area contributed by atoms with E-state index in [0.29, 0.717) is 11.5 Å². The van der Waals surface area contributed by atoms with Gasteiger partial charge in [-0.2, -0.15) is 0 Å². The summed E-state index contributed by atoms with van der Waals surface area (Å²) in [6.07, 6.45) is -0.617. The molecule has 1 atom stereocenters. The maximum Gasteiger partial charge on any atom is 0.224 e. The maximum absolute atomic E-state index is 12.4. The second-order valence-corrected chi connectivity index (χ2v) is 6.45. The Hall–Kier alpha value is -2.53. The Morgan fingerprint density at radius 1 is 1.08 bits per heavy atom. The zero-order valence-electron chi connectivity index (χ0n) is 15.1. The average Bonchev–Trinajstić information content (AvgIpc) is 2.61. The van der Waals surface area contributed by atoms with Gasteiger partial charge in [-0.25, -0.2) is 0 Å². The summed E-state index contributed by atoms with van der Waals surface area (Å²) in [6, 6.07) is 14.7. The van der Waals surface area contributed by atoms with Crippen molar-refractivity contribution < 1.29 is 19.4 Å². The summed E-state index contributed by atoms with van der Waals surface area (Å²) in [6.45, 7) is 3.61. The molecule has 2 N–H and O–H groups in total. The van der Waals surface area contributed by atoms with Gasteiger partial charge >= 0.3 is 0 Å². The topological polar surface area (TPSA) is 67.8 Å². The Balaban J connectivity index is 2.06. The van der Waals surface area contributed by atoms with Crippen molar-refractivity contribution in [2.75, 3.05) is 14.2 Å². The van der Waals surface area contributed by atoms with Crippen molar-refractivity contribution in [3.63, 3.8) is 0 Å². The molecule has 0 fully saturated rings. The molecule has 2 aromatic rings. The van der Waals surface area contributed by atoms with Gasteiger partial charge in [0.2, 0.25) is 5.91 Å². The van der Waals surface area contributed by atoms with E-state index in [9.17, 15) is 9.90 Å². The fourth-order valence-corrected chi connectivity index (χ4v) is 2.70. The molecule has 0 aliphatic carbocycles. The first-order chi connectivity index (χ1) is 11.9. The van der Waals surface area contributed by atoms with Crippen LogP contribution < -0.4 is 14.8 Å². The molecule has 5 heteroatoms. The van der Waals surface area contributed by atoms with Crippen LogP contribution in [0.4, 0.5) is 0 Å². The Morgan fingerprint density at radius 2 is 1.72 bits per heavy atom. The van der Waals surface area contributed by atoms with Crippen molar-refractivity contribution in [3.8, 4) is 11.5 Å². The van der Waals surface area contributed by atoms with Gasteiger partial charge in [0.25, 0.3) is 0 Å². The number of carbonyl (C=O) groups excluding carboxylic acids is 1. The highest BCUT2D eigenvalue weighted by molar-refractivity contribution is 5.79. The summed E-state index contributed by atoms with van der Waals surface area (Å²) in [5.41, 5.74) is 0.772. The van der Waals surface area contributed by atoms with E-state index in [1.807, 2.05) is 36.4 Å². The lowest BCUT2D eigenvalue weighted by Crippen LogP contribution is -2.48. The van der Waals surface area contributed by atoms with Crippen molar-refractivity contribution in [2.24, 2.45) is 0 Å². The number of carbonyl (C=O) groups is 1. The van der Waals surface area contributed by atoms with Crippen LogP contribution in [0.3, 0.4) is 0 Å². The van der Waals surface area contributed by atoms with E-state index in [0.717, 1.165) is 11.1 Å². The normalized spacial score (nSPS) is 12.4. The monoisotopic (exact) mass is 343 g/mol. The number of hydrogen-bond donors (Lipinski definition) is 2.